The highest BCUT2D eigenvalue weighted by Gasteiger charge is 2.29. The van der Waals surface area contributed by atoms with E-state index >= 15 is 0 Å². The fourth-order valence-corrected chi connectivity index (χ4v) is 3.03. The van der Waals surface area contributed by atoms with Crippen molar-refractivity contribution >= 4 is 23.2 Å². The van der Waals surface area contributed by atoms with Gasteiger partial charge in [0.1, 0.15) is 0 Å². The summed E-state index contributed by atoms with van der Waals surface area (Å²) >= 11 is 5.04. The number of thiocarbonyl (C=S) groups is 1. The van der Waals surface area contributed by atoms with Gasteiger partial charge in [-0.1, -0.05) is 19.1 Å². The molecular weight excluding hydrogens is 272 g/mol. The highest BCUT2D eigenvalue weighted by atomic mass is 32.1. The number of nitrogens with zero attached hydrogens (tertiary/aromatic N) is 3. The van der Waals surface area contributed by atoms with Crippen LogP contribution in [-0.2, 0) is 0 Å². The second-order valence-corrected chi connectivity index (χ2v) is 6.52. The summed E-state index contributed by atoms with van der Waals surface area (Å²) < 4.78 is 0. The number of carbonyl (C=O) groups excluding carboxylic acids is 1. The normalized spacial score (nSPS) is 23.7. The van der Waals surface area contributed by atoms with Crippen molar-refractivity contribution in [3.63, 3.8) is 0 Å². The number of carbonyl (C=O) groups is 1. The zero-order chi connectivity index (χ0) is 14.7. The first-order valence-corrected chi connectivity index (χ1v) is 7.97. The minimum absolute atomic E-state index is 0.123. The van der Waals surface area contributed by atoms with Gasteiger partial charge in [-0.05, 0) is 25.7 Å². The molecule has 2 N–H and O–H groups in total. The van der Waals surface area contributed by atoms with Crippen molar-refractivity contribution in [2.75, 3.05) is 39.3 Å². The molecule has 2 amide bonds. The van der Waals surface area contributed by atoms with Gasteiger partial charge >= 0.3 is 6.03 Å². The Hall–Kier alpha value is -0.880. The monoisotopic (exact) mass is 298 g/mol. The van der Waals surface area contributed by atoms with Crippen LogP contribution in [0.15, 0.2) is 0 Å². The fraction of sp³-hybridized carbons (Fsp3) is 0.857. The van der Waals surface area contributed by atoms with E-state index in [0.717, 1.165) is 58.0 Å². The van der Waals surface area contributed by atoms with Crippen molar-refractivity contribution < 1.29 is 4.79 Å². The van der Waals surface area contributed by atoms with Crippen molar-refractivity contribution in [1.82, 2.24) is 14.7 Å². The van der Waals surface area contributed by atoms with Gasteiger partial charge in [0.25, 0.3) is 0 Å². The summed E-state index contributed by atoms with van der Waals surface area (Å²) in [4.78, 5) is 19.2. The minimum atomic E-state index is 0.123. The molecule has 0 aliphatic carbocycles. The molecule has 0 aromatic carbocycles. The van der Waals surface area contributed by atoms with Crippen LogP contribution in [0.5, 0.6) is 0 Å². The largest absolute Gasteiger partial charge is 0.392 e. The second kappa shape index (κ2) is 6.72. The van der Waals surface area contributed by atoms with Gasteiger partial charge in [0.05, 0.1) is 11.0 Å². The fourth-order valence-electron chi connectivity index (χ4n) is 2.88. The van der Waals surface area contributed by atoms with Gasteiger partial charge in [-0.2, -0.15) is 0 Å². The van der Waals surface area contributed by atoms with E-state index in [1.807, 2.05) is 16.7 Å². The maximum absolute atomic E-state index is 12.5. The van der Waals surface area contributed by atoms with Gasteiger partial charge < -0.3 is 15.5 Å². The molecular formula is C14H26N4OS. The zero-order valence-corrected chi connectivity index (χ0v) is 13.4. The molecule has 2 rings (SSSR count). The summed E-state index contributed by atoms with van der Waals surface area (Å²) in [6.45, 7) is 9.37. The van der Waals surface area contributed by atoms with Crippen LogP contribution >= 0.6 is 12.2 Å². The molecule has 0 radical (unpaired) electrons. The van der Waals surface area contributed by atoms with E-state index in [4.69, 9.17) is 18.0 Å². The molecule has 2 heterocycles. The van der Waals surface area contributed by atoms with Gasteiger partial charge in [-0.15, -0.1) is 0 Å². The maximum Gasteiger partial charge on any atom is 0.320 e. The lowest BCUT2D eigenvalue weighted by molar-refractivity contribution is 0.0981. The van der Waals surface area contributed by atoms with Gasteiger partial charge in [-0.25, -0.2) is 4.79 Å². The Morgan fingerprint density at radius 2 is 1.60 bits per heavy atom. The summed E-state index contributed by atoms with van der Waals surface area (Å²) in [6, 6.07) is 0.331. The number of rotatable bonds is 2. The number of likely N-dealkylation sites (tertiary alicyclic amines) is 1. The number of amides is 2. The number of piperazine rings is 1. The van der Waals surface area contributed by atoms with Crippen LogP contribution in [-0.4, -0.2) is 71.0 Å². The first kappa shape index (κ1) is 15.5. The average molecular weight is 298 g/mol. The van der Waals surface area contributed by atoms with Crippen molar-refractivity contribution in [2.24, 2.45) is 11.7 Å². The smallest absolute Gasteiger partial charge is 0.320 e. The number of hydrogen-bond acceptors (Lipinski definition) is 3. The first-order valence-electron chi connectivity index (χ1n) is 7.56. The highest BCUT2D eigenvalue weighted by Crippen LogP contribution is 2.18. The Kier molecular flexibility index (Phi) is 5.21. The third-order valence-corrected chi connectivity index (χ3v) is 4.94. The Morgan fingerprint density at radius 1 is 1.10 bits per heavy atom. The maximum atomic E-state index is 12.5. The van der Waals surface area contributed by atoms with Crippen LogP contribution < -0.4 is 5.73 Å². The third kappa shape index (κ3) is 3.61. The Labute approximate surface area is 127 Å². The molecule has 0 saturated carbocycles. The molecule has 0 aromatic rings. The van der Waals surface area contributed by atoms with Crippen LogP contribution in [0.2, 0.25) is 0 Å². The third-order valence-electron chi connectivity index (χ3n) is 4.60. The summed E-state index contributed by atoms with van der Waals surface area (Å²) in [5, 5.41) is 0. The molecule has 2 fully saturated rings. The Bertz CT molecular complexity index is 360. The quantitative estimate of drug-likeness (QED) is 0.777. The van der Waals surface area contributed by atoms with Gasteiger partial charge in [0, 0.05) is 39.3 Å². The molecule has 1 unspecified atom stereocenters. The van der Waals surface area contributed by atoms with Crippen molar-refractivity contribution in [3.8, 4) is 0 Å². The molecule has 20 heavy (non-hydrogen) atoms. The van der Waals surface area contributed by atoms with Crippen molar-refractivity contribution in [3.05, 3.63) is 0 Å². The molecule has 5 nitrogen and oxygen atoms in total. The molecule has 0 aromatic heterocycles. The summed E-state index contributed by atoms with van der Waals surface area (Å²) in [6.07, 6.45) is 2.26. The minimum Gasteiger partial charge on any atom is -0.392 e. The highest BCUT2D eigenvalue weighted by molar-refractivity contribution is 7.80. The van der Waals surface area contributed by atoms with E-state index in [2.05, 4.69) is 11.8 Å². The van der Waals surface area contributed by atoms with Crippen LogP contribution in [0.4, 0.5) is 4.79 Å². The molecule has 2 saturated heterocycles. The molecule has 6 heteroatoms. The Morgan fingerprint density at radius 3 is 2.10 bits per heavy atom. The van der Waals surface area contributed by atoms with Crippen molar-refractivity contribution in [2.45, 2.75) is 32.7 Å². The van der Waals surface area contributed by atoms with E-state index in [0.29, 0.717) is 4.99 Å². The van der Waals surface area contributed by atoms with E-state index in [1.54, 1.807) is 0 Å². The zero-order valence-electron chi connectivity index (χ0n) is 12.5. The average Bonchev–Trinajstić information content (AvgIpc) is 2.46. The second-order valence-electron chi connectivity index (χ2n) is 6.05. The van der Waals surface area contributed by atoms with E-state index < -0.39 is 0 Å². The molecule has 2 aliphatic rings. The SMILES string of the molecule is CC1CCN(C(=O)N2CCN(C(C)C(N)=S)CC2)CC1. The van der Waals surface area contributed by atoms with Crippen molar-refractivity contribution in [1.29, 1.82) is 0 Å². The van der Waals surface area contributed by atoms with E-state index in [1.165, 1.54) is 0 Å². The van der Waals surface area contributed by atoms with Gasteiger partial charge in [-0.3, -0.25) is 4.90 Å². The number of nitrogens with two attached hydrogens (primary N) is 1. The van der Waals surface area contributed by atoms with Crippen LogP contribution in [0.25, 0.3) is 0 Å². The summed E-state index contributed by atoms with van der Waals surface area (Å²) in [5.74, 6) is 0.752. The summed E-state index contributed by atoms with van der Waals surface area (Å²) in [7, 11) is 0. The number of urea groups is 1. The van der Waals surface area contributed by atoms with Gasteiger partial charge in [0.15, 0.2) is 0 Å². The van der Waals surface area contributed by atoms with Crippen LogP contribution in [0.1, 0.15) is 26.7 Å². The number of hydrogen-bond donors (Lipinski definition) is 1. The van der Waals surface area contributed by atoms with Crippen LogP contribution in [0.3, 0.4) is 0 Å². The van der Waals surface area contributed by atoms with Gasteiger partial charge in [0.2, 0.25) is 0 Å². The lowest BCUT2D eigenvalue weighted by Gasteiger charge is -2.40. The number of piperidine rings is 1. The molecule has 114 valence electrons. The predicted molar refractivity (Wildman–Crippen MR) is 84.8 cm³/mol. The first-order chi connectivity index (χ1) is 9.49. The van der Waals surface area contributed by atoms with Crippen LogP contribution in [0, 0.1) is 5.92 Å². The summed E-state index contributed by atoms with van der Waals surface area (Å²) in [5.41, 5.74) is 5.69. The predicted octanol–water partition coefficient (Wildman–Crippen LogP) is 1.13. The molecule has 0 bridgehead atoms. The van der Waals surface area contributed by atoms with E-state index in [-0.39, 0.29) is 12.1 Å². The molecule has 0 spiro atoms. The lowest BCUT2D eigenvalue weighted by Crippen LogP contribution is -2.57. The van der Waals surface area contributed by atoms with E-state index in [9.17, 15) is 4.79 Å². The molecule has 1 atom stereocenters. The Balaban J connectivity index is 1.81. The standard InChI is InChI=1S/C14H26N4OS/c1-11-3-5-17(6-4-11)14(19)18-9-7-16(8-10-18)12(2)13(15)20/h11-12H,3-10H2,1-2H3,(H2,15,20). The lowest BCUT2D eigenvalue weighted by atomic mass is 9.99. The molecule has 2 aliphatic heterocycles. The topological polar surface area (TPSA) is 52.8 Å².